The number of rotatable bonds is 5. The highest BCUT2D eigenvalue weighted by molar-refractivity contribution is 7.90. The molecular formula is C9H19NO3S. The molecule has 0 aromatic rings. The fourth-order valence-electron chi connectivity index (χ4n) is 1.83. The first-order valence-electron chi connectivity index (χ1n) is 5.02. The molecule has 0 bridgehead atoms. The topological polar surface area (TPSA) is 57.6 Å². The Morgan fingerprint density at radius 1 is 1.50 bits per heavy atom. The SMILES string of the molecule is CS(=O)(=O)CCN1CCC(CCO)C1. The van der Waals surface area contributed by atoms with E-state index in [0.717, 1.165) is 25.9 Å². The number of sulfone groups is 1. The minimum absolute atomic E-state index is 0.241. The predicted octanol–water partition coefficient (Wildman–Crippen LogP) is -0.265. The molecule has 1 heterocycles. The van der Waals surface area contributed by atoms with Gasteiger partial charge in [0, 0.05) is 26.0 Å². The Morgan fingerprint density at radius 2 is 2.21 bits per heavy atom. The minimum atomic E-state index is -2.83. The number of nitrogens with zero attached hydrogens (tertiary/aromatic N) is 1. The summed E-state index contributed by atoms with van der Waals surface area (Å²) < 4.78 is 21.9. The van der Waals surface area contributed by atoms with Crippen LogP contribution in [-0.2, 0) is 9.84 Å². The molecule has 5 heteroatoms. The Labute approximate surface area is 85.8 Å². The maximum Gasteiger partial charge on any atom is 0.148 e. The summed E-state index contributed by atoms with van der Waals surface area (Å²) in [5.41, 5.74) is 0. The monoisotopic (exact) mass is 221 g/mol. The molecule has 0 radical (unpaired) electrons. The van der Waals surface area contributed by atoms with E-state index in [1.807, 2.05) is 0 Å². The van der Waals surface area contributed by atoms with Crippen molar-refractivity contribution in [3.8, 4) is 0 Å². The first-order valence-corrected chi connectivity index (χ1v) is 7.08. The minimum Gasteiger partial charge on any atom is -0.396 e. The standard InChI is InChI=1S/C9H19NO3S/c1-14(12,13)7-5-10-4-2-9(8-10)3-6-11/h9,11H,2-8H2,1H3. The Bertz CT molecular complexity index is 263. The quantitative estimate of drug-likeness (QED) is 0.694. The lowest BCUT2D eigenvalue weighted by Crippen LogP contribution is -2.27. The van der Waals surface area contributed by atoms with Crippen LogP contribution in [0, 0.1) is 5.92 Å². The van der Waals surface area contributed by atoms with Crippen LogP contribution in [-0.4, -0.2) is 56.7 Å². The molecule has 0 aromatic carbocycles. The molecule has 1 fully saturated rings. The third kappa shape index (κ3) is 4.39. The van der Waals surface area contributed by atoms with E-state index in [-0.39, 0.29) is 12.4 Å². The molecule has 0 spiro atoms. The van der Waals surface area contributed by atoms with E-state index < -0.39 is 9.84 Å². The third-order valence-corrected chi connectivity index (χ3v) is 3.61. The molecule has 1 unspecified atom stereocenters. The number of hydrogen-bond acceptors (Lipinski definition) is 4. The van der Waals surface area contributed by atoms with Crippen molar-refractivity contribution < 1.29 is 13.5 Å². The highest BCUT2D eigenvalue weighted by Crippen LogP contribution is 2.18. The van der Waals surface area contributed by atoms with Gasteiger partial charge in [0.05, 0.1) is 5.75 Å². The average Bonchev–Trinajstić information content (AvgIpc) is 2.49. The molecule has 4 nitrogen and oxygen atoms in total. The maximum atomic E-state index is 10.9. The smallest absolute Gasteiger partial charge is 0.148 e. The molecule has 1 rings (SSSR count). The summed E-state index contributed by atoms with van der Waals surface area (Å²) >= 11 is 0. The van der Waals surface area contributed by atoms with Gasteiger partial charge in [0.15, 0.2) is 0 Å². The lowest BCUT2D eigenvalue weighted by Gasteiger charge is -2.14. The first-order chi connectivity index (χ1) is 6.51. The molecule has 1 N–H and O–H groups in total. The summed E-state index contributed by atoms with van der Waals surface area (Å²) in [7, 11) is -2.83. The predicted molar refractivity (Wildman–Crippen MR) is 56.0 cm³/mol. The highest BCUT2D eigenvalue weighted by atomic mass is 32.2. The van der Waals surface area contributed by atoms with Crippen LogP contribution in [0.5, 0.6) is 0 Å². The van der Waals surface area contributed by atoms with Gasteiger partial charge in [-0.05, 0) is 25.3 Å². The van der Waals surface area contributed by atoms with Crippen molar-refractivity contribution in [3.05, 3.63) is 0 Å². The maximum absolute atomic E-state index is 10.9. The number of hydrogen-bond donors (Lipinski definition) is 1. The van der Waals surface area contributed by atoms with Crippen LogP contribution in [0.15, 0.2) is 0 Å². The summed E-state index contributed by atoms with van der Waals surface area (Å²) in [6.45, 7) is 2.79. The van der Waals surface area contributed by atoms with Gasteiger partial charge in [-0.3, -0.25) is 0 Å². The van der Waals surface area contributed by atoms with E-state index in [1.54, 1.807) is 0 Å². The average molecular weight is 221 g/mol. The van der Waals surface area contributed by atoms with Crippen LogP contribution in [0.25, 0.3) is 0 Å². The van der Waals surface area contributed by atoms with Gasteiger partial charge in [-0.1, -0.05) is 0 Å². The Kier molecular flexibility index (Phi) is 4.34. The van der Waals surface area contributed by atoms with Gasteiger partial charge in [-0.2, -0.15) is 0 Å². The van der Waals surface area contributed by atoms with Gasteiger partial charge >= 0.3 is 0 Å². The van der Waals surface area contributed by atoms with Gasteiger partial charge in [0.2, 0.25) is 0 Å². The van der Waals surface area contributed by atoms with E-state index in [2.05, 4.69) is 4.90 Å². The van der Waals surface area contributed by atoms with E-state index in [1.165, 1.54) is 6.26 Å². The van der Waals surface area contributed by atoms with Crippen molar-refractivity contribution in [2.24, 2.45) is 5.92 Å². The zero-order valence-electron chi connectivity index (χ0n) is 8.65. The molecule has 1 saturated heterocycles. The van der Waals surface area contributed by atoms with Gasteiger partial charge in [0.1, 0.15) is 9.84 Å². The number of likely N-dealkylation sites (tertiary alicyclic amines) is 1. The lowest BCUT2D eigenvalue weighted by molar-refractivity contribution is 0.253. The van der Waals surface area contributed by atoms with Crippen molar-refractivity contribution in [2.75, 3.05) is 38.2 Å². The van der Waals surface area contributed by atoms with E-state index in [0.29, 0.717) is 12.5 Å². The Balaban J connectivity index is 2.23. The second-order valence-corrected chi connectivity index (χ2v) is 6.36. The van der Waals surface area contributed by atoms with Gasteiger partial charge in [-0.25, -0.2) is 8.42 Å². The van der Waals surface area contributed by atoms with Crippen molar-refractivity contribution in [3.63, 3.8) is 0 Å². The van der Waals surface area contributed by atoms with Crippen molar-refractivity contribution in [1.82, 2.24) is 4.90 Å². The third-order valence-electron chi connectivity index (χ3n) is 2.69. The lowest BCUT2D eigenvalue weighted by atomic mass is 10.1. The van der Waals surface area contributed by atoms with Crippen LogP contribution in [0.2, 0.25) is 0 Å². The van der Waals surface area contributed by atoms with E-state index in [4.69, 9.17) is 5.11 Å². The molecule has 0 aliphatic carbocycles. The molecule has 1 aliphatic rings. The molecule has 1 aliphatic heterocycles. The largest absolute Gasteiger partial charge is 0.396 e. The Hall–Kier alpha value is -0.130. The Morgan fingerprint density at radius 3 is 2.79 bits per heavy atom. The fraction of sp³-hybridized carbons (Fsp3) is 1.00. The van der Waals surface area contributed by atoms with Crippen molar-refractivity contribution in [1.29, 1.82) is 0 Å². The van der Waals surface area contributed by atoms with Crippen molar-refractivity contribution in [2.45, 2.75) is 12.8 Å². The second kappa shape index (κ2) is 5.09. The fourth-order valence-corrected chi connectivity index (χ4v) is 2.42. The van der Waals surface area contributed by atoms with Crippen LogP contribution in [0.3, 0.4) is 0 Å². The van der Waals surface area contributed by atoms with Gasteiger partial charge < -0.3 is 10.0 Å². The van der Waals surface area contributed by atoms with Crippen LogP contribution in [0.1, 0.15) is 12.8 Å². The summed E-state index contributed by atoms with van der Waals surface area (Å²) in [4.78, 5) is 2.17. The zero-order chi connectivity index (χ0) is 10.6. The molecule has 0 amide bonds. The van der Waals surface area contributed by atoms with E-state index in [9.17, 15) is 8.42 Å². The van der Waals surface area contributed by atoms with Crippen LogP contribution < -0.4 is 0 Å². The molecule has 84 valence electrons. The zero-order valence-corrected chi connectivity index (χ0v) is 9.46. The van der Waals surface area contributed by atoms with Crippen LogP contribution >= 0.6 is 0 Å². The summed E-state index contributed by atoms with van der Waals surface area (Å²) in [5, 5.41) is 8.76. The summed E-state index contributed by atoms with van der Waals surface area (Å²) in [6.07, 6.45) is 3.20. The molecular weight excluding hydrogens is 202 g/mol. The molecule has 14 heavy (non-hydrogen) atoms. The summed E-state index contributed by atoms with van der Waals surface area (Å²) in [5.74, 6) is 0.804. The summed E-state index contributed by atoms with van der Waals surface area (Å²) in [6, 6.07) is 0. The van der Waals surface area contributed by atoms with E-state index >= 15 is 0 Å². The molecule has 0 aromatic heterocycles. The normalized spacial score (nSPS) is 24.3. The van der Waals surface area contributed by atoms with Crippen molar-refractivity contribution >= 4 is 9.84 Å². The van der Waals surface area contributed by atoms with Gasteiger partial charge in [-0.15, -0.1) is 0 Å². The molecule has 0 saturated carbocycles. The first kappa shape index (κ1) is 11.9. The second-order valence-electron chi connectivity index (χ2n) is 4.10. The van der Waals surface area contributed by atoms with Gasteiger partial charge in [0.25, 0.3) is 0 Å². The molecule has 1 atom stereocenters. The number of aliphatic hydroxyl groups is 1. The highest BCUT2D eigenvalue weighted by Gasteiger charge is 2.22. The number of aliphatic hydroxyl groups excluding tert-OH is 1. The van der Waals surface area contributed by atoms with Crippen LogP contribution in [0.4, 0.5) is 0 Å².